The number of carbonyl (C=O) groups excluding carboxylic acids is 1. The zero-order valence-electron chi connectivity index (χ0n) is 16.2. The van der Waals surface area contributed by atoms with Crippen LogP contribution in [0.1, 0.15) is 29.7 Å². The summed E-state index contributed by atoms with van der Waals surface area (Å²) in [6.07, 6.45) is 0. The average molecular weight is 460 g/mol. The third kappa shape index (κ3) is 3.47. The van der Waals surface area contributed by atoms with E-state index in [1.165, 1.54) is 18.6 Å². The first-order valence-electron chi connectivity index (χ1n) is 8.53. The number of rotatable bonds is 3. The number of hydrogen-bond acceptors (Lipinski definition) is 7. The Morgan fingerprint density at radius 3 is 2.66 bits per heavy atom. The van der Waals surface area contributed by atoms with Crippen LogP contribution in [0, 0.1) is 18.3 Å². The van der Waals surface area contributed by atoms with Gasteiger partial charge in [0.2, 0.25) is 5.88 Å². The van der Waals surface area contributed by atoms with Crippen LogP contribution in [0.2, 0.25) is 0 Å². The molecule has 0 amide bonds. The maximum atomic E-state index is 13.0. The SMILES string of the molecule is COc1cc(C2C(C#N)=C(N)Oc3cc(C)n(C)c(=O)c32)cc(Br)c1OC(C)=O. The predicted octanol–water partition coefficient (Wildman–Crippen LogP) is 2.61. The van der Waals surface area contributed by atoms with Crippen molar-refractivity contribution in [1.29, 1.82) is 5.26 Å². The summed E-state index contributed by atoms with van der Waals surface area (Å²) in [4.78, 5) is 24.4. The second-order valence-electron chi connectivity index (χ2n) is 6.48. The third-order valence-electron chi connectivity index (χ3n) is 4.68. The molecule has 150 valence electrons. The molecule has 1 aromatic heterocycles. The molecule has 2 aromatic rings. The van der Waals surface area contributed by atoms with E-state index >= 15 is 0 Å². The minimum atomic E-state index is -0.778. The minimum absolute atomic E-state index is 0.0724. The van der Waals surface area contributed by atoms with Gasteiger partial charge in [-0.3, -0.25) is 9.59 Å². The summed E-state index contributed by atoms with van der Waals surface area (Å²) in [5.41, 5.74) is 7.32. The summed E-state index contributed by atoms with van der Waals surface area (Å²) in [6.45, 7) is 3.05. The van der Waals surface area contributed by atoms with Gasteiger partial charge in [0.1, 0.15) is 17.4 Å². The number of hydrogen-bond donors (Lipinski definition) is 1. The molecular formula is C20H18BrN3O5. The van der Waals surface area contributed by atoms with Gasteiger partial charge >= 0.3 is 5.97 Å². The molecule has 9 heteroatoms. The second kappa shape index (κ2) is 7.64. The molecule has 0 saturated heterocycles. The predicted molar refractivity (Wildman–Crippen MR) is 108 cm³/mol. The van der Waals surface area contributed by atoms with Gasteiger partial charge in [-0.15, -0.1) is 0 Å². The van der Waals surface area contributed by atoms with E-state index in [1.807, 2.05) is 6.07 Å². The van der Waals surface area contributed by atoms with Crippen LogP contribution in [0.25, 0.3) is 0 Å². The molecular weight excluding hydrogens is 442 g/mol. The molecule has 0 saturated carbocycles. The topological polar surface area (TPSA) is 117 Å². The molecule has 1 aliphatic heterocycles. The molecule has 0 aliphatic carbocycles. The van der Waals surface area contributed by atoms with Gasteiger partial charge in [0.05, 0.1) is 23.1 Å². The lowest BCUT2D eigenvalue weighted by Gasteiger charge is -2.27. The number of carbonyl (C=O) groups is 1. The lowest BCUT2D eigenvalue weighted by atomic mass is 9.84. The fraction of sp³-hybridized carbons (Fsp3) is 0.250. The molecule has 1 aromatic carbocycles. The molecule has 29 heavy (non-hydrogen) atoms. The van der Waals surface area contributed by atoms with E-state index in [0.29, 0.717) is 21.5 Å². The number of pyridine rings is 1. The molecule has 1 unspecified atom stereocenters. The number of benzene rings is 1. The molecule has 1 atom stereocenters. The first-order chi connectivity index (χ1) is 13.7. The lowest BCUT2D eigenvalue weighted by molar-refractivity contribution is -0.132. The molecule has 0 spiro atoms. The number of allylic oxidation sites excluding steroid dienone is 1. The standard InChI is InChI=1S/C20H18BrN3O5/c1-9-5-14-17(20(26)24(9)3)16(12(8-22)19(23)29-14)11-6-13(21)18(28-10(2)25)15(7-11)27-4/h5-7,16H,23H2,1-4H3. The van der Waals surface area contributed by atoms with Gasteiger partial charge in [0, 0.05) is 25.7 Å². The Balaban J connectivity index is 2.32. The van der Waals surface area contributed by atoms with Crippen molar-refractivity contribution in [1.82, 2.24) is 4.57 Å². The number of halogens is 1. The first kappa shape index (κ1) is 20.5. The van der Waals surface area contributed by atoms with E-state index < -0.39 is 11.9 Å². The second-order valence-corrected chi connectivity index (χ2v) is 7.33. The molecule has 0 bridgehead atoms. The zero-order chi connectivity index (χ0) is 21.5. The molecule has 2 heterocycles. The Morgan fingerprint density at radius 2 is 2.07 bits per heavy atom. The van der Waals surface area contributed by atoms with Crippen molar-refractivity contribution in [3.63, 3.8) is 0 Å². The van der Waals surface area contributed by atoms with E-state index in [-0.39, 0.29) is 34.1 Å². The Morgan fingerprint density at radius 1 is 1.38 bits per heavy atom. The van der Waals surface area contributed by atoms with Crippen LogP contribution in [0.4, 0.5) is 0 Å². The monoisotopic (exact) mass is 459 g/mol. The van der Waals surface area contributed by atoms with E-state index in [9.17, 15) is 14.9 Å². The van der Waals surface area contributed by atoms with Crippen molar-refractivity contribution in [2.75, 3.05) is 7.11 Å². The van der Waals surface area contributed by atoms with Crippen LogP contribution in [-0.2, 0) is 11.8 Å². The maximum absolute atomic E-state index is 13.0. The number of aryl methyl sites for hydroxylation is 1. The molecule has 8 nitrogen and oxygen atoms in total. The van der Waals surface area contributed by atoms with Crippen LogP contribution < -0.4 is 25.5 Å². The third-order valence-corrected chi connectivity index (χ3v) is 5.27. The summed E-state index contributed by atoms with van der Waals surface area (Å²) in [5, 5.41) is 9.71. The highest BCUT2D eigenvalue weighted by molar-refractivity contribution is 9.10. The van der Waals surface area contributed by atoms with Gasteiger partial charge in [-0.05, 0) is 40.5 Å². The van der Waals surface area contributed by atoms with E-state index in [2.05, 4.69) is 15.9 Å². The van der Waals surface area contributed by atoms with Crippen molar-refractivity contribution < 1.29 is 19.0 Å². The van der Waals surface area contributed by atoms with E-state index in [1.54, 1.807) is 32.2 Å². The maximum Gasteiger partial charge on any atom is 0.308 e. The van der Waals surface area contributed by atoms with Crippen LogP contribution in [-0.4, -0.2) is 17.6 Å². The van der Waals surface area contributed by atoms with Gasteiger partial charge in [0.15, 0.2) is 11.5 Å². The van der Waals surface area contributed by atoms with Gasteiger partial charge in [-0.2, -0.15) is 5.26 Å². The molecule has 2 N–H and O–H groups in total. The zero-order valence-corrected chi connectivity index (χ0v) is 17.8. The highest BCUT2D eigenvalue weighted by atomic mass is 79.9. The van der Waals surface area contributed by atoms with Gasteiger partial charge in [-0.25, -0.2) is 0 Å². The van der Waals surface area contributed by atoms with E-state index in [0.717, 1.165) is 0 Å². The van der Waals surface area contributed by atoms with Gasteiger partial charge in [0.25, 0.3) is 5.56 Å². The molecule has 1 aliphatic rings. The van der Waals surface area contributed by atoms with Gasteiger partial charge < -0.3 is 24.5 Å². The van der Waals surface area contributed by atoms with Crippen molar-refractivity contribution in [2.24, 2.45) is 12.8 Å². The summed E-state index contributed by atoms with van der Waals surface area (Å²) >= 11 is 3.37. The molecule has 3 rings (SSSR count). The largest absolute Gasteiger partial charge is 0.493 e. The van der Waals surface area contributed by atoms with E-state index in [4.69, 9.17) is 19.9 Å². The van der Waals surface area contributed by atoms with Crippen LogP contribution in [0.15, 0.2) is 38.9 Å². The summed E-state index contributed by atoms with van der Waals surface area (Å²) in [7, 11) is 3.07. The highest BCUT2D eigenvalue weighted by Gasteiger charge is 2.35. The Kier molecular flexibility index (Phi) is 5.40. The Hall–Kier alpha value is -3.25. The molecule has 0 fully saturated rings. The van der Waals surface area contributed by atoms with Crippen molar-refractivity contribution in [2.45, 2.75) is 19.8 Å². The van der Waals surface area contributed by atoms with Gasteiger partial charge in [-0.1, -0.05) is 0 Å². The summed E-state index contributed by atoms with van der Waals surface area (Å²) in [6, 6.07) is 7.01. The smallest absolute Gasteiger partial charge is 0.308 e. The lowest BCUT2D eigenvalue weighted by Crippen LogP contribution is -2.31. The minimum Gasteiger partial charge on any atom is -0.493 e. The number of nitrogens with two attached hydrogens (primary N) is 1. The average Bonchev–Trinajstić information content (AvgIpc) is 2.66. The van der Waals surface area contributed by atoms with Crippen molar-refractivity contribution in [3.8, 4) is 23.3 Å². The van der Waals surface area contributed by atoms with Crippen LogP contribution in [0.3, 0.4) is 0 Å². The number of methoxy groups -OCH3 is 1. The quantitative estimate of drug-likeness (QED) is 0.553. The number of nitriles is 1. The Bertz CT molecular complexity index is 1160. The first-order valence-corrected chi connectivity index (χ1v) is 9.32. The number of esters is 1. The summed E-state index contributed by atoms with van der Waals surface area (Å²) < 4.78 is 18.1. The van der Waals surface area contributed by atoms with Crippen molar-refractivity contribution in [3.05, 3.63) is 61.3 Å². The number of ether oxygens (including phenoxy) is 3. The highest BCUT2D eigenvalue weighted by Crippen LogP contribution is 2.45. The van der Waals surface area contributed by atoms with Crippen molar-refractivity contribution >= 4 is 21.9 Å². The van der Waals surface area contributed by atoms with Crippen LogP contribution >= 0.6 is 15.9 Å². The fourth-order valence-corrected chi connectivity index (χ4v) is 3.76. The normalized spacial score (nSPS) is 15.2. The Labute approximate surface area is 175 Å². The van der Waals surface area contributed by atoms with Crippen LogP contribution in [0.5, 0.6) is 17.2 Å². The summed E-state index contributed by atoms with van der Waals surface area (Å²) in [5.74, 6) is -0.609. The molecule has 0 radical (unpaired) electrons. The number of aromatic nitrogens is 1. The number of nitrogens with zero attached hydrogens (tertiary/aromatic N) is 2. The fourth-order valence-electron chi connectivity index (χ4n) is 3.22. The number of fused-ring (bicyclic) bond motifs is 1.